The monoisotopic (exact) mass is 522 g/mol. The number of rotatable bonds is 9. The molecule has 0 saturated heterocycles. The van der Waals surface area contributed by atoms with E-state index in [-0.39, 0.29) is 23.0 Å². The van der Waals surface area contributed by atoms with Gasteiger partial charge < -0.3 is 0 Å². The van der Waals surface area contributed by atoms with Crippen LogP contribution in [0.1, 0.15) is 22.3 Å². The van der Waals surface area contributed by atoms with Gasteiger partial charge in [-0.3, -0.25) is 8.37 Å². The van der Waals surface area contributed by atoms with Gasteiger partial charge in [0.15, 0.2) is 0 Å². The van der Waals surface area contributed by atoms with Crippen LogP contribution in [0.15, 0.2) is 107 Å². The Morgan fingerprint density at radius 2 is 0.833 bits per heavy atom. The van der Waals surface area contributed by atoms with Gasteiger partial charge in [0.25, 0.3) is 20.2 Å². The molecule has 0 saturated carbocycles. The third-order valence-electron chi connectivity index (χ3n) is 5.68. The third kappa shape index (κ3) is 6.09. The molecule has 0 aliphatic heterocycles. The van der Waals surface area contributed by atoms with Crippen LogP contribution in [-0.4, -0.2) is 16.8 Å². The minimum absolute atomic E-state index is 0.0840. The lowest BCUT2D eigenvalue weighted by Crippen LogP contribution is -2.08. The van der Waals surface area contributed by atoms with Crippen molar-refractivity contribution >= 4 is 20.2 Å². The van der Waals surface area contributed by atoms with E-state index in [4.69, 9.17) is 8.37 Å². The highest BCUT2D eigenvalue weighted by molar-refractivity contribution is 7.87. The van der Waals surface area contributed by atoms with Crippen LogP contribution in [0.2, 0.25) is 0 Å². The van der Waals surface area contributed by atoms with E-state index in [2.05, 4.69) is 0 Å². The average Bonchev–Trinajstić information content (AvgIpc) is 2.87. The summed E-state index contributed by atoms with van der Waals surface area (Å²) in [5.74, 6) is 0. The van der Waals surface area contributed by atoms with Crippen LogP contribution in [0, 0.1) is 13.8 Å². The minimum atomic E-state index is -3.95. The number of hydrogen-bond acceptors (Lipinski definition) is 6. The largest absolute Gasteiger partial charge is 0.297 e. The van der Waals surface area contributed by atoms with Crippen molar-refractivity contribution in [1.29, 1.82) is 0 Å². The van der Waals surface area contributed by atoms with Crippen LogP contribution >= 0.6 is 0 Å². The molecule has 0 fully saturated rings. The molecule has 0 heterocycles. The summed E-state index contributed by atoms with van der Waals surface area (Å²) in [5.41, 5.74) is 4.63. The molecule has 0 aliphatic rings. The molecule has 0 aromatic heterocycles. The summed E-state index contributed by atoms with van der Waals surface area (Å²) >= 11 is 0. The molecule has 36 heavy (non-hydrogen) atoms. The Morgan fingerprint density at radius 3 is 1.19 bits per heavy atom. The highest BCUT2D eigenvalue weighted by Gasteiger charge is 2.19. The lowest BCUT2D eigenvalue weighted by atomic mass is 9.96. The second-order valence-corrected chi connectivity index (χ2v) is 11.6. The fourth-order valence-electron chi connectivity index (χ4n) is 3.65. The lowest BCUT2D eigenvalue weighted by Gasteiger charge is -2.15. The zero-order valence-electron chi connectivity index (χ0n) is 19.9. The normalized spacial score (nSPS) is 11.9. The van der Waals surface area contributed by atoms with E-state index in [0.717, 1.165) is 22.3 Å². The second-order valence-electron chi connectivity index (χ2n) is 8.37. The quantitative estimate of drug-likeness (QED) is 0.259. The summed E-state index contributed by atoms with van der Waals surface area (Å²) < 4.78 is 61.5. The molecule has 0 N–H and O–H groups in total. The Balaban J connectivity index is 1.57. The topological polar surface area (TPSA) is 86.7 Å². The predicted octanol–water partition coefficient (Wildman–Crippen LogP) is 5.78. The predicted molar refractivity (Wildman–Crippen MR) is 138 cm³/mol. The van der Waals surface area contributed by atoms with Gasteiger partial charge in [-0.05, 0) is 60.4 Å². The number of hydrogen-bond donors (Lipinski definition) is 0. The highest BCUT2D eigenvalue weighted by Crippen LogP contribution is 2.30. The zero-order chi connectivity index (χ0) is 25.8. The van der Waals surface area contributed by atoms with Gasteiger partial charge in [-0.15, -0.1) is 0 Å². The van der Waals surface area contributed by atoms with Crippen molar-refractivity contribution in [2.45, 2.75) is 36.9 Å². The van der Waals surface area contributed by atoms with E-state index in [1.807, 2.05) is 38.1 Å². The minimum Gasteiger partial charge on any atom is -0.262 e. The van der Waals surface area contributed by atoms with Crippen LogP contribution in [0.25, 0.3) is 11.1 Å². The molecule has 8 heteroatoms. The van der Waals surface area contributed by atoms with Gasteiger partial charge in [-0.2, -0.15) is 16.8 Å². The van der Waals surface area contributed by atoms with E-state index in [0.29, 0.717) is 11.1 Å². The lowest BCUT2D eigenvalue weighted by molar-refractivity contribution is 0.306. The Hall–Kier alpha value is -3.30. The van der Waals surface area contributed by atoms with Crippen molar-refractivity contribution in [3.05, 3.63) is 119 Å². The molecule has 0 aliphatic carbocycles. The van der Waals surface area contributed by atoms with Crippen LogP contribution < -0.4 is 0 Å². The van der Waals surface area contributed by atoms with Gasteiger partial charge in [0.2, 0.25) is 0 Å². The van der Waals surface area contributed by atoms with Crippen molar-refractivity contribution in [3.8, 4) is 11.1 Å². The summed E-state index contributed by atoms with van der Waals surface area (Å²) in [5, 5.41) is 0. The molecule has 0 spiro atoms. The first-order chi connectivity index (χ1) is 17.2. The third-order valence-corrected chi connectivity index (χ3v) is 8.24. The van der Waals surface area contributed by atoms with Crippen LogP contribution in [0.5, 0.6) is 0 Å². The van der Waals surface area contributed by atoms with Crippen molar-refractivity contribution in [1.82, 2.24) is 0 Å². The fourth-order valence-corrected chi connectivity index (χ4v) is 5.42. The molecule has 0 unspecified atom stereocenters. The molecule has 6 nitrogen and oxygen atoms in total. The van der Waals surface area contributed by atoms with Gasteiger partial charge in [0, 0.05) is 0 Å². The first kappa shape index (κ1) is 25.8. The Kier molecular flexibility index (Phi) is 7.70. The first-order valence-corrected chi connectivity index (χ1v) is 14.1. The van der Waals surface area contributed by atoms with Crippen molar-refractivity contribution < 1.29 is 25.2 Å². The molecule has 0 atom stereocenters. The molecule has 0 bridgehead atoms. The van der Waals surface area contributed by atoms with Crippen molar-refractivity contribution in [2.75, 3.05) is 0 Å². The fraction of sp³-hybridized carbons (Fsp3) is 0.143. The number of aryl methyl sites for hydroxylation is 2. The first-order valence-electron chi connectivity index (χ1n) is 11.2. The zero-order valence-corrected chi connectivity index (χ0v) is 21.6. The second kappa shape index (κ2) is 10.8. The van der Waals surface area contributed by atoms with Gasteiger partial charge >= 0.3 is 0 Å². The van der Waals surface area contributed by atoms with Crippen molar-refractivity contribution in [3.63, 3.8) is 0 Å². The van der Waals surface area contributed by atoms with E-state index >= 15 is 0 Å². The van der Waals surface area contributed by atoms with Gasteiger partial charge in [0.1, 0.15) is 0 Å². The number of benzene rings is 4. The molecule has 4 rings (SSSR count). The van der Waals surface area contributed by atoms with E-state index < -0.39 is 20.2 Å². The summed E-state index contributed by atoms with van der Waals surface area (Å²) in [7, 11) is -7.90. The van der Waals surface area contributed by atoms with Gasteiger partial charge in [-0.1, -0.05) is 83.9 Å². The van der Waals surface area contributed by atoms with Gasteiger partial charge in [0.05, 0.1) is 23.0 Å². The molecule has 186 valence electrons. The molecular formula is C28H26O6S2. The summed E-state index contributed by atoms with van der Waals surface area (Å²) in [6, 6.07) is 27.4. The maximum atomic E-state index is 12.7. The Morgan fingerprint density at radius 1 is 0.500 bits per heavy atom. The average molecular weight is 523 g/mol. The summed E-state index contributed by atoms with van der Waals surface area (Å²) in [6.45, 7) is 3.40. The SMILES string of the molecule is Cc1ccc(S(=O)(=O)OCc2ccccc2-c2ccccc2COS(=O)(=O)c2ccc(C)cc2)cc1. The molecule has 0 amide bonds. The highest BCUT2D eigenvalue weighted by atomic mass is 32.2. The standard InChI is InChI=1S/C28H26O6S2/c1-21-11-15-25(16-12-21)35(29,30)33-19-23-7-3-5-9-27(23)28-10-6-4-8-24(28)20-34-36(31,32)26-17-13-22(2)14-18-26/h3-18H,19-20H2,1-2H3. The van der Waals surface area contributed by atoms with E-state index in [1.54, 1.807) is 48.5 Å². The van der Waals surface area contributed by atoms with Gasteiger partial charge in [-0.25, -0.2) is 0 Å². The smallest absolute Gasteiger partial charge is 0.262 e. The van der Waals surface area contributed by atoms with Crippen LogP contribution in [-0.2, 0) is 41.8 Å². The maximum Gasteiger partial charge on any atom is 0.297 e. The molecule has 0 radical (unpaired) electrons. The molecular weight excluding hydrogens is 496 g/mol. The van der Waals surface area contributed by atoms with E-state index in [1.165, 1.54) is 24.3 Å². The van der Waals surface area contributed by atoms with Crippen LogP contribution in [0.3, 0.4) is 0 Å². The Bertz CT molecular complexity index is 1440. The summed E-state index contributed by atoms with van der Waals surface area (Å²) in [6.07, 6.45) is 0. The Labute approximate surface area is 212 Å². The molecule has 4 aromatic rings. The summed E-state index contributed by atoms with van der Waals surface area (Å²) in [4.78, 5) is 0.168. The van der Waals surface area contributed by atoms with Crippen LogP contribution in [0.4, 0.5) is 0 Å². The maximum absolute atomic E-state index is 12.7. The van der Waals surface area contributed by atoms with E-state index in [9.17, 15) is 16.8 Å². The molecule has 4 aromatic carbocycles. The van der Waals surface area contributed by atoms with Crippen molar-refractivity contribution in [2.24, 2.45) is 0 Å².